The van der Waals surface area contributed by atoms with Crippen molar-refractivity contribution in [2.45, 2.75) is 0 Å². The predicted octanol–water partition coefficient (Wildman–Crippen LogP) is 4.33. The normalized spacial score (nSPS) is 10.8. The molecule has 0 unspecified atom stereocenters. The second kappa shape index (κ2) is 11.4. The Kier molecular flexibility index (Phi) is 7.89. The van der Waals surface area contributed by atoms with Crippen LogP contribution in [-0.4, -0.2) is 64.6 Å². The van der Waals surface area contributed by atoms with Crippen molar-refractivity contribution in [1.82, 2.24) is 24.4 Å². The Hall–Kier alpha value is -4.57. The molecule has 0 saturated heterocycles. The number of benzene rings is 2. The number of carbonyl (C=O) groups is 1. The molecule has 37 heavy (non-hydrogen) atoms. The van der Waals surface area contributed by atoms with Crippen LogP contribution in [-0.2, 0) is 4.79 Å². The van der Waals surface area contributed by atoms with Crippen LogP contribution < -0.4 is 15.5 Å². The van der Waals surface area contributed by atoms with E-state index in [9.17, 15) is 9.18 Å². The van der Waals surface area contributed by atoms with Gasteiger partial charge >= 0.3 is 0 Å². The standard InChI is InChI=1S/C27H29FN8O/c1-5-25(37)32-22-18-21(10-11-23(22)35(4)17-16-34(2)3)31-27-30-13-12-24(33-27)36-15-14-29-26(36)19-6-8-20(28)9-7-19/h5-15,18H,1,16-17H2,2-4H3,(H,32,37)(H,30,31,33). The van der Waals surface area contributed by atoms with E-state index in [1.165, 1.54) is 18.2 Å². The Bertz CT molecular complexity index is 1380. The van der Waals surface area contributed by atoms with Gasteiger partial charge in [0.05, 0.1) is 11.4 Å². The van der Waals surface area contributed by atoms with Gasteiger partial charge in [-0.05, 0) is 68.7 Å². The zero-order valence-corrected chi connectivity index (χ0v) is 21.0. The molecule has 0 fully saturated rings. The maximum Gasteiger partial charge on any atom is 0.247 e. The van der Waals surface area contributed by atoms with E-state index in [1.54, 1.807) is 41.4 Å². The van der Waals surface area contributed by atoms with E-state index in [4.69, 9.17) is 0 Å². The minimum absolute atomic E-state index is 0.300. The van der Waals surface area contributed by atoms with E-state index in [-0.39, 0.29) is 11.7 Å². The van der Waals surface area contributed by atoms with Crippen LogP contribution in [0.2, 0.25) is 0 Å². The van der Waals surface area contributed by atoms with Crippen LogP contribution in [0.4, 0.5) is 27.4 Å². The molecule has 4 aromatic rings. The summed E-state index contributed by atoms with van der Waals surface area (Å²) in [5, 5.41) is 6.10. The number of carbonyl (C=O) groups excluding carboxylic acids is 1. The number of hydrogen-bond donors (Lipinski definition) is 2. The molecule has 2 heterocycles. The minimum Gasteiger partial charge on any atom is -0.372 e. The second-order valence-corrected chi connectivity index (χ2v) is 8.64. The van der Waals surface area contributed by atoms with E-state index >= 15 is 0 Å². The molecule has 0 aliphatic rings. The fourth-order valence-electron chi connectivity index (χ4n) is 3.67. The molecule has 4 rings (SSSR count). The smallest absolute Gasteiger partial charge is 0.247 e. The van der Waals surface area contributed by atoms with Crippen LogP contribution in [0.1, 0.15) is 0 Å². The molecule has 9 nitrogen and oxygen atoms in total. The average Bonchev–Trinajstić information content (AvgIpc) is 3.38. The van der Waals surface area contributed by atoms with Crippen LogP contribution >= 0.6 is 0 Å². The predicted molar refractivity (Wildman–Crippen MR) is 145 cm³/mol. The van der Waals surface area contributed by atoms with Crippen LogP contribution in [0.25, 0.3) is 17.2 Å². The number of hydrogen-bond acceptors (Lipinski definition) is 7. The first-order chi connectivity index (χ1) is 17.8. The molecule has 0 atom stereocenters. The fourth-order valence-corrected chi connectivity index (χ4v) is 3.67. The molecule has 2 N–H and O–H groups in total. The highest BCUT2D eigenvalue weighted by Crippen LogP contribution is 2.30. The molecule has 190 valence electrons. The molecule has 0 radical (unpaired) electrons. The number of imidazole rings is 1. The highest BCUT2D eigenvalue weighted by atomic mass is 19.1. The lowest BCUT2D eigenvalue weighted by molar-refractivity contribution is -0.111. The third kappa shape index (κ3) is 6.36. The first-order valence-corrected chi connectivity index (χ1v) is 11.7. The van der Waals surface area contributed by atoms with E-state index in [2.05, 4.69) is 42.0 Å². The Morgan fingerprint density at radius 1 is 1.05 bits per heavy atom. The first kappa shape index (κ1) is 25.5. The highest BCUT2D eigenvalue weighted by Gasteiger charge is 2.13. The maximum atomic E-state index is 13.4. The van der Waals surface area contributed by atoms with E-state index in [0.29, 0.717) is 29.0 Å². The largest absolute Gasteiger partial charge is 0.372 e. The Morgan fingerprint density at radius 3 is 2.57 bits per heavy atom. The summed E-state index contributed by atoms with van der Waals surface area (Å²) in [5.74, 6) is 0.977. The molecule has 0 aliphatic heterocycles. The molecule has 2 aromatic carbocycles. The molecular weight excluding hydrogens is 471 g/mol. The Morgan fingerprint density at radius 2 is 1.84 bits per heavy atom. The van der Waals surface area contributed by atoms with Gasteiger partial charge in [-0.3, -0.25) is 9.36 Å². The summed E-state index contributed by atoms with van der Waals surface area (Å²) < 4.78 is 15.2. The van der Waals surface area contributed by atoms with Gasteiger partial charge in [0, 0.05) is 50.0 Å². The molecular formula is C27H29FN8O. The van der Waals surface area contributed by atoms with Gasteiger partial charge < -0.3 is 20.4 Å². The van der Waals surface area contributed by atoms with Gasteiger partial charge in [0.1, 0.15) is 17.5 Å². The van der Waals surface area contributed by atoms with Crippen LogP contribution in [0.15, 0.2) is 79.8 Å². The summed E-state index contributed by atoms with van der Waals surface area (Å²) in [6, 6.07) is 13.6. The number of rotatable bonds is 10. The lowest BCUT2D eigenvalue weighted by Crippen LogP contribution is -2.29. The van der Waals surface area contributed by atoms with Crippen LogP contribution in [0.5, 0.6) is 0 Å². The Labute approximate surface area is 215 Å². The zero-order valence-electron chi connectivity index (χ0n) is 21.0. The van der Waals surface area contributed by atoms with Crippen molar-refractivity contribution in [2.75, 3.05) is 49.8 Å². The maximum absolute atomic E-state index is 13.4. The number of amides is 1. The van der Waals surface area contributed by atoms with Gasteiger partial charge in [-0.15, -0.1) is 0 Å². The average molecular weight is 501 g/mol. The van der Waals surface area contributed by atoms with Gasteiger partial charge in [0.25, 0.3) is 0 Å². The summed E-state index contributed by atoms with van der Waals surface area (Å²) in [6.45, 7) is 5.20. The van der Waals surface area contributed by atoms with Crippen molar-refractivity contribution in [3.05, 3.63) is 85.6 Å². The number of likely N-dealkylation sites (N-methyl/N-ethyl adjacent to an activating group) is 2. The van der Waals surface area contributed by atoms with Crippen LogP contribution in [0.3, 0.4) is 0 Å². The summed E-state index contributed by atoms with van der Waals surface area (Å²) in [6.07, 6.45) is 6.32. The van der Waals surface area contributed by atoms with Gasteiger partial charge in [-0.1, -0.05) is 6.58 Å². The third-order valence-electron chi connectivity index (χ3n) is 5.62. The monoisotopic (exact) mass is 500 g/mol. The lowest BCUT2D eigenvalue weighted by Gasteiger charge is -2.24. The van der Waals surface area contributed by atoms with Crippen molar-refractivity contribution < 1.29 is 9.18 Å². The summed E-state index contributed by atoms with van der Waals surface area (Å²) in [5.41, 5.74) is 2.97. The van der Waals surface area contributed by atoms with Crippen LogP contribution in [0, 0.1) is 5.82 Å². The number of halogens is 1. The zero-order chi connectivity index (χ0) is 26.4. The van der Waals surface area contributed by atoms with Crippen molar-refractivity contribution >= 4 is 28.9 Å². The molecule has 2 aromatic heterocycles. The molecule has 0 spiro atoms. The summed E-state index contributed by atoms with van der Waals surface area (Å²) >= 11 is 0. The van der Waals surface area contributed by atoms with Crippen molar-refractivity contribution in [3.8, 4) is 17.2 Å². The number of aromatic nitrogens is 4. The topological polar surface area (TPSA) is 91.2 Å². The Balaban J connectivity index is 1.60. The molecule has 0 aliphatic carbocycles. The second-order valence-electron chi connectivity index (χ2n) is 8.64. The fraction of sp³-hybridized carbons (Fsp3) is 0.185. The molecule has 10 heteroatoms. The van der Waals surface area contributed by atoms with Gasteiger partial charge in [0.15, 0.2) is 0 Å². The van der Waals surface area contributed by atoms with Gasteiger partial charge in [0.2, 0.25) is 11.9 Å². The lowest BCUT2D eigenvalue weighted by atomic mass is 10.2. The van der Waals surface area contributed by atoms with Gasteiger partial charge in [-0.25, -0.2) is 14.4 Å². The SMILES string of the molecule is C=CC(=O)Nc1cc(Nc2nccc(-n3ccnc3-c3ccc(F)cc3)n2)ccc1N(C)CCN(C)C. The van der Waals surface area contributed by atoms with E-state index in [0.717, 1.165) is 24.3 Å². The number of nitrogens with zero attached hydrogens (tertiary/aromatic N) is 6. The summed E-state index contributed by atoms with van der Waals surface area (Å²) in [7, 11) is 6.01. The molecule has 0 bridgehead atoms. The minimum atomic E-state index is -0.311. The number of nitrogens with one attached hydrogen (secondary N) is 2. The summed E-state index contributed by atoms with van der Waals surface area (Å²) in [4.78, 5) is 29.7. The molecule has 1 amide bonds. The molecule has 0 saturated carbocycles. The number of anilines is 4. The van der Waals surface area contributed by atoms with Crippen molar-refractivity contribution in [2.24, 2.45) is 0 Å². The van der Waals surface area contributed by atoms with Crippen molar-refractivity contribution in [3.63, 3.8) is 0 Å². The third-order valence-corrected chi connectivity index (χ3v) is 5.62. The van der Waals surface area contributed by atoms with Gasteiger partial charge in [-0.2, -0.15) is 4.98 Å². The highest BCUT2D eigenvalue weighted by molar-refractivity contribution is 6.01. The van der Waals surface area contributed by atoms with E-state index in [1.807, 2.05) is 39.3 Å². The quantitative estimate of drug-likeness (QED) is 0.313. The van der Waals surface area contributed by atoms with Crippen molar-refractivity contribution in [1.29, 1.82) is 0 Å². The first-order valence-electron chi connectivity index (χ1n) is 11.7. The van der Waals surface area contributed by atoms with E-state index < -0.39 is 0 Å².